The van der Waals surface area contributed by atoms with E-state index in [1.165, 1.54) is 0 Å². The molecule has 0 saturated carbocycles. The molecule has 0 aliphatic rings. The number of carbonyl (C=O) groups is 1. The fraction of sp³-hybridized carbons (Fsp3) is 0.333. The molecule has 16 heavy (non-hydrogen) atoms. The number of hydrogen-bond acceptors (Lipinski definition) is 3. The first kappa shape index (κ1) is 12.2. The summed E-state index contributed by atoms with van der Waals surface area (Å²) in [6.45, 7) is 5.52. The maximum absolute atomic E-state index is 11.3. The highest BCUT2D eigenvalue weighted by molar-refractivity contribution is 5.83. The van der Waals surface area contributed by atoms with Gasteiger partial charge in [-0.1, -0.05) is 18.2 Å². The van der Waals surface area contributed by atoms with Gasteiger partial charge >= 0.3 is 0 Å². The molecular formula is C12H16N2O2. The minimum atomic E-state index is -0.260. The van der Waals surface area contributed by atoms with Crippen molar-refractivity contribution in [2.75, 3.05) is 6.61 Å². The summed E-state index contributed by atoms with van der Waals surface area (Å²) in [6.07, 6.45) is 0. The van der Waals surface area contributed by atoms with E-state index in [2.05, 4.69) is 10.5 Å². The van der Waals surface area contributed by atoms with E-state index in [4.69, 9.17) is 4.74 Å². The van der Waals surface area contributed by atoms with Crippen LogP contribution in [0.1, 0.15) is 19.4 Å². The lowest BCUT2D eigenvalue weighted by atomic mass is 10.2. The average molecular weight is 220 g/mol. The second-order valence-electron chi connectivity index (χ2n) is 3.65. The van der Waals surface area contributed by atoms with Crippen LogP contribution in [-0.4, -0.2) is 18.2 Å². The van der Waals surface area contributed by atoms with Crippen molar-refractivity contribution < 1.29 is 9.53 Å². The molecule has 0 heterocycles. The molecule has 0 spiro atoms. The van der Waals surface area contributed by atoms with Gasteiger partial charge in [0.25, 0.3) is 5.91 Å². The summed E-state index contributed by atoms with van der Waals surface area (Å²) < 4.78 is 5.35. The minimum absolute atomic E-state index is 0.0262. The first-order chi connectivity index (χ1) is 7.59. The fourth-order valence-electron chi connectivity index (χ4n) is 1.07. The van der Waals surface area contributed by atoms with Crippen molar-refractivity contribution in [1.82, 2.24) is 5.43 Å². The fourth-order valence-corrected chi connectivity index (χ4v) is 1.07. The standard InChI is InChI=1S/C12H16N2O2/c1-9(2)13-14-12(15)8-16-11-7-5-4-6-10(11)3/h4-7H,8H2,1-3H3,(H,14,15). The number of benzene rings is 1. The van der Waals surface area contributed by atoms with Crippen LogP contribution in [-0.2, 0) is 4.79 Å². The number of aryl methyl sites for hydroxylation is 1. The van der Waals surface area contributed by atoms with Gasteiger partial charge in [-0.05, 0) is 32.4 Å². The Kier molecular flexibility index (Phi) is 4.51. The van der Waals surface area contributed by atoms with E-state index in [0.717, 1.165) is 17.0 Å². The van der Waals surface area contributed by atoms with Gasteiger partial charge in [-0.3, -0.25) is 4.79 Å². The van der Waals surface area contributed by atoms with Crippen molar-refractivity contribution in [2.24, 2.45) is 5.10 Å². The van der Waals surface area contributed by atoms with Gasteiger partial charge in [-0.2, -0.15) is 5.10 Å². The molecular weight excluding hydrogens is 204 g/mol. The van der Waals surface area contributed by atoms with E-state index in [-0.39, 0.29) is 12.5 Å². The summed E-state index contributed by atoms with van der Waals surface area (Å²) in [7, 11) is 0. The Labute approximate surface area is 95.3 Å². The van der Waals surface area contributed by atoms with E-state index in [0.29, 0.717) is 0 Å². The quantitative estimate of drug-likeness (QED) is 0.622. The van der Waals surface area contributed by atoms with E-state index in [1.54, 1.807) is 0 Å². The molecule has 1 N–H and O–H groups in total. The number of carbonyl (C=O) groups excluding carboxylic acids is 1. The van der Waals surface area contributed by atoms with Crippen LogP contribution in [0.5, 0.6) is 5.75 Å². The summed E-state index contributed by atoms with van der Waals surface area (Å²) in [5.41, 5.74) is 4.20. The number of nitrogens with one attached hydrogen (secondary N) is 1. The molecule has 0 aliphatic carbocycles. The van der Waals surface area contributed by atoms with Gasteiger partial charge in [0.1, 0.15) is 5.75 Å². The van der Waals surface area contributed by atoms with Crippen LogP contribution in [0, 0.1) is 6.92 Å². The number of para-hydroxylation sites is 1. The molecule has 86 valence electrons. The molecule has 1 aromatic rings. The Morgan fingerprint density at radius 3 is 2.69 bits per heavy atom. The Balaban J connectivity index is 2.43. The average Bonchev–Trinajstić information content (AvgIpc) is 2.25. The van der Waals surface area contributed by atoms with Gasteiger partial charge in [0.15, 0.2) is 6.61 Å². The van der Waals surface area contributed by atoms with Crippen molar-refractivity contribution >= 4 is 11.6 Å². The van der Waals surface area contributed by atoms with Gasteiger partial charge in [0.2, 0.25) is 0 Å². The van der Waals surface area contributed by atoms with Gasteiger partial charge in [0, 0.05) is 5.71 Å². The molecule has 0 aromatic heterocycles. The van der Waals surface area contributed by atoms with E-state index in [9.17, 15) is 4.79 Å². The lowest BCUT2D eigenvalue weighted by molar-refractivity contribution is -0.123. The lowest BCUT2D eigenvalue weighted by Crippen LogP contribution is -2.25. The molecule has 1 rings (SSSR count). The van der Waals surface area contributed by atoms with Crippen molar-refractivity contribution in [3.63, 3.8) is 0 Å². The van der Waals surface area contributed by atoms with Crippen LogP contribution < -0.4 is 10.2 Å². The summed E-state index contributed by atoms with van der Waals surface area (Å²) in [5.74, 6) is 0.458. The normalized spacial score (nSPS) is 9.44. The van der Waals surface area contributed by atoms with E-state index < -0.39 is 0 Å². The Morgan fingerprint density at radius 1 is 1.38 bits per heavy atom. The van der Waals surface area contributed by atoms with Crippen molar-refractivity contribution in [2.45, 2.75) is 20.8 Å². The highest BCUT2D eigenvalue weighted by Gasteiger charge is 2.02. The van der Waals surface area contributed by atoms with Gasteiger partial charge in [-0.15, -0.1) is 0 Å². The van der Waals surface area contributed by atoms with Crippen LogP contribution in [0.2, 0.25) is 0 Å². The highest BCUT2D eigenvalue weighted by atomic mass is 16.5. The predicted octanol–water partition coefficient (Wildman–Crippen LogP) is 1.89. The molecule has 0 unspecified atom stereocenters. The number of rotatable bonds is 4. The molecule has 4 heteroatoms. The second kappa shape index (κ2) is 5.90. The molecule has 0 fully saturated rings. The summed E-state index contributed by atoms with van der Waals surface area (Å²) in [6, 6.07) is 7.56. The van der Waals surface area contributed by atoms with Gasteiger partial charge in [-0.25, -0.2) is 5.43 Å². The molecule has 0 bridgehead atoms. The zero-order valence-electron chi connectivity index (χ0n) is 9.78. The maximum Gasteiger partial charge on any atom is 0.277 e. The molecule has 4 nitrogen and oxygen atoms in total. The van der Waals surface area contributed by atoms with Crippen LogP contribution in [0.15, 0.2) is 29.4 Å². The third kappa shape index (κ3) is 4.13. The Morgan fingerprint density at radius 2 is 2.06 bits per heavy atom. The SMILES string of the molecule is CC(C)=NNC(=O)COc1ccccc1C. The topological polar surface area (TPSA) is 50.7 Å². The first-order valence-electron chi connectivity index (χ1n) is 5.08. The van der Waals surface area contributed by atoms with Gasteiger partial charge < -0.3 is 4.74 Å². The number of hydrogen-bond donors (Lipinski definition) is 1. The zero-order chi connectivity index (χ0) is 12.0. The van der Waals surface area contributed by atoms with Crippen LogP contribution in [0.25, 0.3) is 0 Å². The predicted molar refractivity (Wildman–Crippen MR) is 63.6 cm³/mol. The first-order valence-corrected chi connectivity index (χ1v) is 5.08. The van der Waals surface area contributed by atoms with Crippen LogP contribution in [0.3, 0.4) is 0 Å². The minimum Gasteiger partial charge on any atom is -0.483 e. The van der Waals surface area contributed by atoms with Gasteiger partial charge in [0.05, 0.1) is 0 Å². The number of amides is 1. The van der Waals surface area contributed by atoms with Crippen LogP contribution in [0.4, 0.5) is 0 Å². The maximum atomic E-state index is 11.3. The molecule has 0 aliphatic heterocycles. The highest BCUT2D eigenvalue weighted by Crippen LogP contribution is 2.15. The number of ether oxygens (including phenoxy) is 1. The lowest BCUT2D eigenvalue weighted by Gasteiger charge is -2.07. The molecule has 1 amide bonds. The molecule has 0 radical (unpaired) electrons. The monoisotopic (exact) mass is 220 g/mol. The molecule has 0 atom stereocenters. The van der Waals surface area contributed by atoms with Crippen LogP contribution >= 0.6 is 0 Å². The van der Waals surface area contributed by atoms with E-state index in [1.807, 2.05) is 45.0 Å². The third-order valence-electron chi connectivity index (χ3n) is 1.86. The smallest absolute Gasteiger partial charge is 0.277 e. The van der Waals surface area contributed by atoms with Crippen molar-refractivity contribution in [3.05, 3.63) is 29.8 Å². The zero-order valence-corrected chi connectivity index (χ0v) is 9.78. The third-order valence-corrected chi connectivity index (χ3v) is 1.86. The number of hydrazone groups is 1. The molecule has 0 saturated heterocycles. The van der Waals surface area contributed by atoms with Crippen molar-refractivity contribution in [3.8, 4) is 5.75 Å². The summed E-state index contributed by atoms with van der Waals surface area (Å²) in [5, 5.41) is 3.80. The van der Waals surface area contributed by atoms with E-state index >= 15 is 0 Å². The number of nitrogens with zero attached hydrogens (tertiary/aromatic N) is 1. The summed E-state index contributed by atoms with van der Waals surface area (Å²) >= 11 is 0. The largest absolute Gasteiger partial charge is 0.483 e. The molecule has 1 aromatic carbocycles. The Hall–Kier alpha value is -1.84. The summed E-state index contributed by atoms with van der Waals surface area (Å²) in [4.78, 5) is 11.3. The second-order valence-corrected chi connectivity index (χ2v) is 3.65. The Bertz CT molecular complexity index is 396. The van der Waals surface area contributed by atoms with Crippen molar-refractivity contribution in [1.29, 1.82) is 0 Å².